The van der Waals surface area contributed by atoms with Crippen molar-refractivity contribution in [1.29, 1.82) is 0 Å². The van der Waals surface area contributed by atoms with Gasteiger partial charge in [-0.3, -0.25) is 4.79 Å². The van der Waals surface area contributed by atoms with E-state index in [1.54, 1.807) is 0 Å². The van der Waals surface area contributed by atoms with Crippen molar-refractivity contribution in [3.05, 3.63) is 9.15 Å². The number of rotatable bonds is 1. The summed E-state index contributed by atoms with van der Waals surface area (Å²) in [5, 5.41) is 0. The van der Waals surface area contributed by atoms with Gasteiger partial charge >= 0.3 is 0 Å². The van der Waals surface area contributed by atoms with Crippen LogP contribution in [0.3, 0.4) is 0 Å². The van der Waals surface area contributed by atoms with Gasteiger partial charge in [-0.15, -0.1) is 0 Å². The van der Waals surface area contributed by atoms with Gasteiger partial charge in [-0.2, -0.15) is 0 Å². The van der Waals surface area contributed by atoms with Crippen LogP contribution in [-0.2, 0) is 4.79 Å². The minimum atomic E-state index is 0.246. The highest BCUT2D eigenvalue weighted by molar-refractivity contribution is 14.1. The second-order valence-electron chi connectivity index (χ2n) is 3.48. The third kappa shape index (κ3) is 2.31. The Bertz CT molecular complexity index is 214. The summed E-state index contributed by atoms with van der Waals surface area (Å²) >= 11 is 2.31. The molecular weight excluding hydrogens is 263 g/mol. The predicted molar refractivity (Wildman–Crippen MR) is 59.4 cm³/mol. The molecule has 0 spiro atoms. The fraction of sp³-hybridized carbons (Fsp3) is 0.700. The molecule has 0 radical (unpaired) electrons. The Morgan fingerprint density at radius 3 is 2.58 bits per heavy atom. The van der Waals surface area contributed by atoms with Crippen molar-refractivity contribution in [3.63, 3.8) is 0 Å². The van der Waals surface area contributed by atoms with E-state index < -0.39 is 0 Å². The zero-order valence-electron chi connectivity index (χ0n) is 7.69. The molecule has 12 heavy (non-hydrogen) atoms. The molecule has 0 aromatic carbocycles. The molecule has 0 aliphatic heterocycles. The number of hydrogen-bond donors (Lipinski definition) is 0. The van der Waals surface area contributed by atoms with Gasteiger partial charge in [0.25, 0.3) is 0 Å². The van der Waals surface area contributed by atoms with Crippen LogP contribution >= 0.6 is 22.6 Å². The molecule has 2 heteroatoms. The summed E-state index contributed by atoms with van der Waals surface area (Å²) in [5.74, 6) is 0.699. The van der Waals surface area contributed by atoms with E-state index in [9.17, 15) is 4.79 Å². The van der Waals surface area contributed by atoms with E-state index >= 15 is 0 Å². The summed E-state index contributed by atoms with van der Waals surface area (Å²) in [6.07, 6.45) is 4.19. The standard InChI is InChI=1S/C10H15IO/c1-7(8(2)11)9-5-3-4-6-10(9)12/h9H,3-6H2,1-2H3/b8-7+. The van der Waals surface area contributed by atoms with Gasteiger partial charge in [0.05, 0.1) is 0 Å². The lowest BCUT2D eigenvalue weighted by atomic mass is 9.83. The number of allylic oxidation sites excluding steroid dienone is 2. The molecule has 0 bridgehead atoms. The summed E-state index contributed by atoms with van der Waals surface area (Å²) in [4.78, 5) is 11.5. The van der Waals surface area contributed by atoms with Gasteiger partial charge in [0.2, 0.25) is 0 Å². The quantitative estimate of drug-likeness (QED) is 0.671. The van der Waals surface area contributed by atoms with E-state index in [1.807, 2.05) is 0 Å². The van der Waals surface area contributed by atoms with Crippen LogP contribution in [0.5, 0.6) is 0 Å². The van der Waals surface area contributed by atoms with Crippen LogP contribution in [0.1, 0.15) is 39.5 Å². The first-order valence-electron chi connectivity index (χ1n) is 4.48. The molecule has 1 aliphatic rings. The Hall–Kier alpha value is 0.140. The van der Waals surface area contributed by atoms with Crippen molar-refractivity contribution >= 4 is 28.4 Å². The molecule has 1 nitrogen and oxygen atoms in total. The first-order valence-corrected chi connectivity index (χ1v) is 5.56. The Morgan fingerprint density at radius 2 is 2.08 bits per heavy atom. The maximum absolute atomic E-state index is 11.5. The second-order valence-corrected chi connectivity index (χ2v) is 5.10. The highest BCUT2D eigenvalue weighted by atomic mass is 127. The number of hydrogen-bond acceptors (Lipinski definition) is 1. The van der Waals surface area contributed by atoms with Gasteiger partial charge in [-0.05, 0) is 52.9 Å². The fourth-order valence-corrected chi connectivity index (χ4v) is 2.06. The average molecular weight is 278 g/mol. The van der Waals surface area contributed by atoms with Crippen LogP contribution in [-0.4, -0.2) is 5.78 Å². The summed E-state index contributed by atoms with van der Waals surface area (Å²) in [6.45, 7) is 4.17. The van der Waals surface area contributed by atoms with Gasteiger partial charge in [-0.25, -0.2) is 0 Å². The molecule has 0 amide bonds. The highest BCUT2D eigenvalue weighted by Gasteiger charge is 2.23. The molecule has 0 aromatic rings. The van der Waals surface area contributed by atoms with Crippen LogP contribution in [0, 0.1) is 5.92 Å². The molecule has 1 aliphatic carbocycles. The summed E-state index contributed by atoms with van der Waals surface area (Å²) in [5.41, 5.74) is 1.29. The fourth-order valence-electron chi connectivity index (χ4n) is 1.68. The second kappa shape index (κ2) is 4.40. The molecule has 1 fully saturated rings. The van der Waals surface area contributed by atoms with E-state index in [4.69, 9.17) is 0 Å². The molecule has 1 unspecified atom stereocenters. The Morgan fingerprint density at radius 1 is 1.42 bits per heavy atom. The van der Waals surface area contributed by atoms with Crippen LogP contribution in [0.4, 0.5) is 0 Å². The van der Waals surface area contributed by atoms with E-state index in [1.165, 1.54) is 15.6 Å². The molecule has 1 saturated carbocycles. The van der Waals surface area contributed by atoms with Gasteiger partial charge in [0.1, 0.15) is 5.78 Å². The zero-order chi connectivity index (χ0) is 9.14. The van der Waals surface area contributed by atoms with Gasteiger partial charge in [-0.1, -0.05) is 12.0 Å². The summed E-state index contributed by atoms with van der Waals surface area (Å²) < 4.78 is 1.29. The first kappa shape index (κ1) is 10.2. The Kier molecular flexibility index (Phi) is 3.75. The van der Waals surface area contributed by atoms with Crippen molar-refractivity contribution < 1.29 is 4.79 Å². The van der Waals surface area contributed by atoms with Crippen LogP contribution < -0.4 is 0 Å². The smallest absolute Gasteiger partial charge is 0.140 e. The average Bonchev–Trinajstić information content (AvgIpc) is 2.04. The van der Waals surface area contributed by atoms with Gasteiger partial charge < -0.3 is 0 Å². The Balaban J connectivity index is 2.73. The van der Waals surface area contributed by atoms with E-state index in [0.29, 0.717) is 5.78 Å². The third-order valence-electron chi connectivity index (χ3n) is 2.62. The Labute approximate surface area is 87.8 Å². The van der Waals surface area contributed by atoms with E-state index in [-0.39, 0.29) is 5.92 Å². The lowest BCUT2D eigenvalue weighted by Crippen LogP contribution is -2.20. The molecule has 0 saturated heterocycles. The number of Topliss-reactive ketones (excluding diaryl/α,β-unsaturated/α-hetero) is 1. The lowest BCUT2D eigenvalue weighted by molar-refractivity contribution is -0.123. The largest absolute Gasteiger partial charge is 0.299 e. The predicted octanol–water partition coefficient (Wildman–Crippen LogP) is 3.47. The van der Waals surface area contributed by atoms with Gasteiger partial charge in [0.15, 0.2) is 0 Å². The number of ketones is 1. The normalized spacial score (nSPS) is 26.9. The third-order valence-corrected chi connectivity index (χ3v) is 3.47. The molecular formula is C10H15IO. The van der Waals surface area contributed by atoms with Gasteiger partial charge in [0, 0.05) is 12.3 Å². The first-order chi connectivity index (χ1) is 5.63. The minimum absolute atomic E-state index is 0.246. The van der Waals surface area contributed by atoms with Crippen molar-refractivity contribution in [2.24, 2.45) is 5.92 Å². The summed E-state index contributed by atoms with van der Waals surface area (Å²) in [6, 6.07) is 0. The number of carbonyl (C=O) groups excluding carboxylic acids is 1. The molecule has 0 heterocycles. The highest BCUT2D eigenvalue weighted by Crippen LogP contribution is 2.29. The topological polar surface area (TPSA) is 17.1 Å². The van der Waals surface area contributed by atoms with Crippen LogP contribution in [0.2, 0.25) is 0 Å². The molecule has 0 aromatic heterocycles. The minimum Gasteiger partial charge on any atom is -0.299 e. The van der Waals surface area contributed by atoms with Crippen molar-refractivity contribution in [1.82, 2.24) is 0 Å². The van der Waals surface area contributed by atoms with E-state index in [0.717, 1.165) is 19.3 Å². The molecule has 68 valence electrons. The van der Waals surface area contributed by atoms with Crippen molar-refractivity contribution in [2.45, 2.75) is 39.5 Å². The zero-order valence-corrected chi connectivity index (χ0v) is 9.85. The monoisotopic (exact) mass is 278 g/mol. The maximum atomic E-state index is 11.5. The van der Waals surface area contributed by atoms with Crippen molar-refractivity contribution in [2.75, 3.05) is 0 Å². The van der Waals surface area contributed by atoms with E-state index in [2.05, 4.69) is 36.4 Å². The maximum Gasteiger partial charge on any atom is 0.140 e. The van der Waals surface area contributed by atoms with Crippen LogP contribution in [0.15, 0.2) is 9.15 Å². The summed E-state index contributed by atoms with van der Waals surface area (Å²) in [7, 11) is 0. The number of halogens is 1. The van der Waals surface area contributed by atoms with Crippen LogP contribution in [0.25, 0.3) is 0 Å². The van der Waals surface area contributed by atoms with Crippen molar-refractivity contribution in [3.8, 4) is 0 Å². The molecule has 0 N–H and O–H groups in total. The lowest BCUT2D eigenvalue weighted by Gasteiger charge is -2.21. The SMILES string of the molecule is C/C(I)=C(/C)C1CCCCC1=O. The molecule has 1 rings (SSSR count). The number of carbonyl (C=O) groups is 1. The molecule has 1 atom stereocenters.